The van der Waals surface area contributed by atoms with Gasteiger partial charge in [0.05, 0.1) is 6.04 Å². The van der Waals surface area contributed by atoms with E-state index in [9.17, 15) is 4.79 Å². The lowest BCUT2D eigenvalue weighted by molar-refractivity contribution is -0.141. The average Bonchev–Trinajstić information content (AvgIpc) is 2.42. The number of likely N-dealkylation sites (N-methyl/N-ethyl adjacent to an activating group) is 1. The standard InChI is InChI=1S/C14H15Cl2NO2/c1-3-11-9-12(14(15,16)13(18)19-11)17(2)10-7-5-4-6-8-10/h4-9,12H,3H2,1-2H3. The van der Waals surface area contributed by atoms with Gasteiger partial charge in [-0.3, -0.25) is 0 Å². The van der Waals surface area contributed by atoms with Crippen LogP contribution >= 0.6 is 23.2 Å². The van der Waals surface area contributed by atoms with Crippen molar-refractivity contribution in [1.29, 1.82) is 0 Å². The fourth-order valence-corrected chi connectivity index (χ4v) is 2.49. The summed E-state index contributed by atoms with van der Waals surface area (Å²) in [7, 11) is 1.85. The lowest BCUT2D eigenvalue weighted by Gasteiger charge is -2.37. The molecule has 1 heterocycles. The molecule has 1 aromatic carbocycles. The van der Waals surface area contributed by atoms with Crippen LogP contribution in [-0.4, -0.2) is 23.4 Å². The van der Waals surface area contributed by atoms with Gasteiger partial charge in [0, 0.05) is 19.2 Å². The molecule has 1 aliphatic rings. The van der Waals surface area contributed by atoms with E-state index in [1.165, 1.54) is 0 Å². The average molecular weight is 300 g/mol. The Balaban J connectivity index is 2.37. The molecule has 0 amide bonds. The van der Waals surface area contributed by atoms with Crippen LogP contribution in [0.5, 0.6) is 0 Å². The molecule has 0 fully saturated rings. The summed E-state index contributed by atoms with van der Waals surface area (Å²) in [5, 5.41) is 0. The highest BCUT2D eigenvalue weighted by molar-refractivity contribution is 6.58. The van der Waals surface area contributed by atoms with Crippen molar-refractivity contribution < 1.29 is 9.53 Å². The fourth-order valence-electron chi connectivity index (χ4n) is 1.99. The molecule has 0 saturated heterocycles. The molecule has 102 valence electrons. The number of nitrogens with zero attached hydrogens (tertiary/aromatic N) is 1. The van der Waals surface area contributed by atoms with Crippen molar-refractivity contribution >= 4 is 34.9 Å². The molecule has 1 unspecified atom stereocenters. The van der Waals surface area contributed by atoms with Gasteiger partial charge >= 0.3 is 5.97 Å². The molecule has 1 aromatic rings. The molecule has 0 radical (unpaired) electrons. The molecule has 5 heteroatoms. The molecule has 1 atom stereocenters. The van der Waals surface area contributed by atoms with Crippen LogP contribution in [0.1, 0.15) is 13.3 Å². The highest BCUT2D eigenvalue weighted by atomic mass is 35.5. The van der Waals surface area contributed by atoms with Crippen LogP contribution in [0.15, 0.2) is 42.2 Å². The maximum atomic E-state index is 11.9. The van der Waals surface area contributed by atoms with E-state index in [-0.39, 0.29) is 0 Å². The molecular weight excluding hydrogens is 285 g/mol. The molecule has 19 heavy (non-hydrogen) atoms. The summed E-state index contributed by atoms with van der Waals surface area (Å²) >= 11 is 12.3. The van der Waals surface area contributed by atoms with Crippen molar-refractivity contribution in [3.63, 3.8) is 0 Å². The van der Waals surface area contributed by atoms with Gasteiger partial charge in [0.15, 0.2) is 0 Å². The molecule has 0 aromatic heterocycles. The van der Waals surface area contributed by atoms with Gasteiger partial charge in [-0.1, -0.05) is 48.3 Å². The number of allylic oxidation sites excluding steroid dienone is 1. The Morgan fingerprint density at radius 3 is 2.53 bits per heavy atom. The number of hydrogen-bond acceptors (Lipinski definition) is 3. The third-order valence-corrected chi connectivity index (χ3v) is 3.90. The minimum absolute atomic E-state index is 0.463. The molecule has 0 spiro atoms. The topological polar surface area (TPSA) is 29.5 Å². The Hall–Kier alpha value is -1.19. The monoisotopic (exact) mass is 299 g/mol. The van der Waals surface area contributed by atoms with Crippen molar-refractivity contribution in [2.75, 3.05) is 11.9 Å². The number of carbonyl (C=O) groups is 1. The molecular formula is C14H15Cl2NO2. The maximum absolute atomic E-state index is 11.9. The van der Waals surface area contributed by atoms with E-state index in [0.717, 1.165) is 5.69 Å². The Labute approximate surface area is 122 Å². The maximum Gasteiger partial charge on any atom is 0.350 e. The minimum Gasteiger partial charge on any atom is -0.429 e. The second kappa shape index (κ2) is 5.43. The summed E-state index contributed by atoms with van der Waals surface area (Å²) in [4.78, 5) is 13.7. The number of halogens is 2. The first-order valence-electron chi connectivity index (χ1n) is 6.05. The summed E-state index contributed by atoms with van der Waals surface area (Å²) in [6.45, 7) is 1.91. The quantitative estimate of drug-likeness (QED) is 0.632. The van der Waals surface area contributed by atoms with Gasteiger partial charge in [-0.25, -0.2) is 4.79 Å². The number of alkyl halides is 2. The number of rotatable bonds is 3. The van der Waals surface area contributed by atoms with E-state index in [1.807, 2.05) is 49.2 Å². The van der Waals surface area contributed by atoms with Crippen LogP contribution in [0.4, 0.5) is 5.69 Å². The first-order valence-corrected chi connectivity index (χ1v) is 6.81. The predicted molar refractivity (Wildman–Crippen MR) is 77.5 cm³/mol. The lowest BCUT2D eigenvalue weighted by atomic mass is 10.1. The Morgan fingerprint density at radius 1 is 1.32 bits per heavy atom. The first kappa shape index (κ1) is 14.2. The highest BCUT2D eigenvalue weighted by Crippen LogP contribution is 2.37. The highest BCUT2D eigenvalue weighted by Gasteiger charge is 2.48. The largest absolute Gasteiger partial charge is 0.429 e. The second-order valence-corrected chi connectivity index (χ2v) is 5.78. The zero-order valence-corrected chi connectivity index (χ0v) is 12.3. The predicted octanol–water partition coefficient (Wildman–Crippen LogP) is 3.52. The van der Waals surface area contributed by atoms with Crippen molar-refractivity contribution in [2.45, 2.75) is 23.7 Å². The summed E-state index contributed by atoms with van der Waals surface area (Å²) in [6, 6.07) is 9.17. The summed E-state index contributed by atoms with van der Waals surface area (Å²) in [5.74, 6) is -0.0299. The number of benzene rings is 1. The molecule has 0 bridgehead atoms. The fraction of sp³-hybridized carbons (Fsp3) is 0.357. The van der Waals surface area contributed by atoms with E-state index >= 15 is 0 Å². The Bertz CT molecular complexity index is 499. The van der Waals surface area contributed by atoms with E-state index in [1.54, 1.807) is 6.08 Å². The van der Waals surface area contributed by atoms with Gasteiger partial charge < -0.3 is 9.64 Å². The van der Waals surface area contributed by atoms with Crippen molar-refractivity contribution in [3.8, 4) is 0 Å². The van der Waals surface area contributed by atoms with Crippen molar-refractivity contribution in [3.05, 3.63) is 42.2 Å². The smallest absolute Gasteiger partial charge is 0.350 e. The van der Waals surface area contributed by atoms with E-state index in [4.69, 9.17) is 27.9 Å². The van der Waals surface area contributed by atoms with Gasteiger partial charge in [-0.15, -0.1) is 0 Å². The van der Waals surface area contributed by atoms with E-state index in [2.05, 4.69) is 0 Å². The van der Waals surface area contributed by atoms with Gasteiger partial charge in [-0.2, -0.15) is 0 Å². The summed E-state index contributed by atoms with van der Waals surface area (Å²) in [5.41, 5.74) is 0.930. The lowest BCUT2D eigenvalue weighted by Crippen LogP contribution is -2.51. The van der Waals surface area contributed by atoms with Crippen LogP contribution < -0.4 is 4.90 Å². The number of esters is 1. The van der Waals surface area contributed by atoms with Gasteiger partial charge in [0.2, 0.25) is 4.33 Å². The first-order chi connectivity index (χ1) is 8.96. The van der Waals surface area contributed by atoms with Crippen LogP contribution in [0.3, 0.4) is 0 Å². The number of cyclic esters (lactones) is 1. The molecule has 0 N–H and O–H groups in total. The minimum atomic E-state index is -1.61. The van der Waals surface area contributed by atoms with Gasteiger partial charge in [-0.05, 0) is 18.2 Å². The second-order valence-electron chi connectivity index (χ2n) is 4.39. The number of anilines is 1. The van der Waals surface area contributed by atoms with Gasteiger partial charge in [0.1, 0.15) is 5.76 Å². The Kier molecular flexibility index (Phi) is 4.07. The molecule has 3 nitrogen and oxygen atoms in total. The van der Waals surface area contributed by atoms with Crippen molar-refractivity contribution in [1.82, 2.24) is 0 Å². The van der Waals surface area contributed by atoms with Crippen LogP contribution in [0, 0.1) is 0 Å². The van der Waals surface area contributed by atoms with E-state index < -0.39 is 16.3 Å². The van der Waals surface area contributed by atoms with Crippen LogP contribution in [0.2, 0.25) is 0 Å². The third kappa shape index (κ3) is 2.72. The molecule has 2 rings (SSSR count). The molecule has 0 saturated carbocycles. The number of hydrogen-bond donors (Lipinski definition) is 0. The van der Waals surface area contributed by atoms with Crippen molar-refractivity contribution in [2.24, 2.45) is 0 Å². The van der Waals surface area contributed by atoms with Gasteiger partial charge in [0.25, 0.3) is 0 Å². The molecule has 1 aliphatic heterocycles. The normalized spacial score (nSPS) is 21.6. The van der Waals surface area contributed by atoms with E-state index in [0.29, 0.717) is 12.2 Å². The zero-order valence-electron chi connectivity index (χ0n) is 10.8. The Morgan fingerprint density at radius 2 is 1.95 bits per heavy atom. The zero-order chi connectivity index (χ0) is 14.0. The third-order valence-electron chi connectivity index (χ3n) is 3.14. The number of ether oxygens (including phenoxy) is 1. The summed E-state index contributed by atoms with van der Waals surface area (Å²) < 4.78 is 3.49. The van der Waals surface area contributed by atoms with Crippen LogP contribution in [0.25, 0.3) is 0 Å². The number of para-hydroxylation sites is 1. The summed E-state index contributed by atoms with van der Waals surface area (Å²) in [6.07, 6.45) is 2.42. The number of carbonyl (C=O) groups excluding carboxylic acids is 1. The molecule has 0 aliphatic carbocycles. The van der Waals surface area contributed by atoms with Crippen LogP contribution in [-0.2, 0) is 9.53 Å². The SMILES string of the molecule is CCC1=CC(N(C)c2ccccc2)C(Cl)(Cl)C(=O)O1.